The summed E-state index contributed by atoms with van der Waals surface area (Å²) in [5.41, 5.74) is -0.916. The highest BCUT2D eigenvalue weighted by molar-refractivity contribution is 5.40. The monoisotopic (exact) mass is 340 g/mol. The third-order valence-electron chi connectivity index (χ3n) is 4.28. The van der Waals surface area contributed by atoms with Gasteiger partial charge in [0.25, 0.3) is 0 Å². The molecule has 24 heavy (non-hydrogen) atoms. The topological polar surface area (TPSA) is 45.4 Å². The number of nitrogens with zero attached hydrogens (tertiary/aromatic N) is 4. The molecule has 8 heteroatoms. The van der Waals surface area contributed by atoms with Gasteiger partial charge in [0, 0.05) is 32.2 Å². The summed E-state index contributed by atoms with van der Waals surface area (Å²) in [4.78, 5) is 11.3. The van der Waals surface area contributed by atoms with E-state index in [2.05, 4.69) is 14.9 Å². The Morgan fingerprint density at radius 2 is 2.12 bits per heavy atom. The summed E-state index contributed by atoms with van der Waals surface area (Å²) in [5, 5.41) is 0. The maximum atomic E-state index is 12.8. The molecule has 2 aromatic heterocycles. The summed E-state index contributed by atoms with van der Waals surface area (Å²) in [6.45, 7) is 4.22. The van der Waals surface area contributed by atoms with Crippen LogP contribution in [0.25, 0.3) is 0 Å². The van der Waals surface area contributed by atoms with Gasteiger partial charge in [0.05, 0.1) is 6.54 Å². The number of aryl methyl sites for hydroxylation is 1. The van der Waals surface area contributed by atoms with E-state index in [1.807, 2.05) is 19.1 Å². The molecule has 0 bridgehead atoms. The van der Waals surface area contributed by atoms with Crippen LogP contribution in [0, 0.1) is 6.92 Å². The second-order valence-corrected chi connectivity index (χ2v) is 6.06. The molecule has 3 rings (SSSR count). The molecule has 0 aromatic carbocycles. The number of furan rings is 1. The van der Waals surface area contributed by atoms with Crippen LogP contribution in [0.15, 0.2) is 28.9 Å². The van der Waals surface area contributed by atoms with E-state index in [1.165, 1.54) is 0 Å². The average Bonchev–Trinajstić information content (AvgIpc) is 3.15. The van der Waals surface area contributed by atoms with Crippen molar-refractivity contribution in [3.05, 3.63) is 41.7 Å². The van der Waals surface area contributed by atoms with Crippen molar-refractivity contribution in [2.75, 3.05) is 25.0 Å². The van der Waals surface area contributed by atoms with Crippen LogP contribution in [0.5, 0.6) is 0 Å². The molecule has 130 valence electrons. The van der Waals surface area contributed by atoms with Crippen molar-refractivity contribution in [1.82, 2.24) is 14.9 Å². The SMILES string of the molecule is Cc1ccc(CN2CCC(N(C)c3cc(C(F)(F)F)ncn3)C2)o1. The van der Waals surface area contributed by atoms with Crippen molar-refractivity contribution >= 4 is 5.82 Å². The Labute approximate surface area is 138 Å². The molecule has 0 aliphatic carbocycles. The molecule has 5 nitrogen and oxygen atoms in total. The third-order valence-corrected chi connectivity index (χ3v) is 4.28. The van der Waals surface area contributed by atoms with E-state index in [4.69, 9.17) is 4.42 Å². The first kappa shape index (κ1) is 16.8. The standard InChI is InChI=1S/C16H19F3N4O/c1-11-3-4-13(24-11)9-23-6-5-12(8-23)22(2)15-7-14(16(17,18)19)20-10-21-15/h3-4,7,10,12H,5-6,8-9H2,1-2H3. The lowest BCUT2D eigenvalue weighted by Crippen LogP contribution is -2.35. The van der Waals surface area contributed by atoms with Crippen molar-refractivity contribution in [3.8, 4) is 0 Å². The molecule has 2 aromatic rings. The predicted octanol–water partition coefficient (Wildman–Crippen LogP) is 3.11. The number of halogens is 3. The van der Waals surface area contributed by atoms with Crippen LogP contribution in [-0.2, 0) is 12.7 Å². The van der Waals surface area contributed by atoms with Crippen LogP contribution in [0.1, 0.15) is 23.6 Å². The van der Waals surface area contributed by atoms with Gasteiger partial charge in [-0.05, 0) is 25.5 Å². The Kier molecular flexibility index (Phi) is 4.49. The predicted molar refractivity (Wildman–Crippen MR) is 82.6 cm³/mol. The molecule has 1 unspecified atom stereocenters. The average molecular weight is 340 g/mol. The van der Waals surface area contributed by atoms with E-state index >= 15 is 0 Å². The Bertz CT molecular complexity index is 701. The number of likely N-dealkylation sites (tertiary alicyclic amines) is 1. The lowest BCUT2D eigenvalue weighted by atomic mass is 10.2. The Hall–Kier alpha value is -2.09. The number of rotatable bonds is 4. The van der Waals surface area contributed by atoms with Crippen LogP contribution in [-0.4, -0.2) is 41.0 Å². The fourth-order valence-corrected chi connectivity index (χ4v) is 2.94. The fraction of sp³-hybridized carbons (Fsp3) is 0.500. The number of alkyl halides is 3. The smallest absolute Gasteiger partial charge is 0.433 e. The molecule has 1 aliphatic rings. The van der Waals surface area contributed by atoms with Gasteiger partial charge < -0.3 is 9.32 Å². The number of anilines is 1. The molecule has 0 amide bonds. The molecule has 0 N–H and O–H groups in total. The molecule has 3 heterocycles. The van der Waals surface area contributed by atoms with E-state index in [-0.39, 0.29) is 11.9 Å². The second-order valence-electron chi connectivity index (χ2n) is 6.06. The molecule has 1 fully saturated rings. The Balaban J connectivity index is 1.65. The van der Waals surface area contributed by atoms with Gasteiger partial charge in [0.15, 0.2) is 0 Å². The van der Waals surface area contributed by atoms with Gasteiger partial charge in [-0.25, -0.2) is 9.97 Å². The molecular formula is C16H19F3N4O. The van der Waals surface area contributed by atoms with Crippen molar-refractivity contribution in [1.29, 1.82) is 0 Å². The zero-order valence-electron chi connectivity index (χ0n) is 13.5. The highest BCUT2D eigenvalue weighted by Gasteiger charge is 2.34. The van der Waals surface area contributed by atoms with Crippen molar-refractivity contribution in [2.24, 2.45) is 0 Å². The van der Waals surface area contributed by atoms with Crippen molar-refractivity contribution in [3.63, 3.8) is 0 Å². The summed E-state index contributed by atoms with van der Waals surface area (Å²) in [6, 6.07) is 4.98. The van der Waals surface area contributed by atoms with Gasteiger partial charge in [0.2, 0.25) is 0 Å². The first-order valence-electron chi connectivity index (χ1n) is 7.72. The quantitative estimate of drug-likeness (QED) is 0.856. The highest BCUT2D eigenvalue weighted by atomic mass is 19.4. The number of likely N-dealkylation sites (N-methyl/N-ethyl adjacent to an activating group) is 1. The van der Waals surface area contributed by atoms with Crippen LogP contribution >= 0.6 is 0 Å². The van der Waals surface area contributed by atoms with E-state index in [9.17, 15) is 13.2 Å². The molecule has 0 saturated carbocycles. The zero-order valence-corrected chi connectivity index (χ0v) is 13.5. The summed E-state index contributed by atoms with van der Waals surface area (Å²) >= 11 is 0. The number of aromatic nitrogens is 2. The number of hydrogen-bond donors (Lipinski definition) is 0. The van der Waals surface area contributed by atoms with Crippen LogP contribution in [0.2, 0.25) is 0 Å². The Morgan fingerprint density at radius 3 is 2.79 bits per heavy atom. The van der Waals surface area contributed by atoms with Gasteiger partial charge in [-0.1, -0.05) is 0 Å². The minimum absolute atomic E-state index is 0.108. The van der Waals surface area contributed by atoms with Crippen LogP contribution < -0.4 is 4.90 Å². The number of hydrogen-bond acceptors (Lipinski definition) is 5. The fourth-order valence-electron chi connectivity index (χ4n) is 2.94. The minimum Gasteiger partial charge on any atom is -0.465 e. The van der Waals surface area contributed by atoms with Gasteiger partial charge >= 0.3 is 6.18 Å². The summed E-state index contributed by atoms with van der Waals surface area (Å²) < 4.78 is 43.9. The van der Waals surface area contributed by atoms with E-state index in [1.54, 1.807) is 11.9 Å². The zero-order chi connectivity index (χ0) is 17.3. The van der Waals surface area contributed by atoms with Crippen molar-refractivity contribution in [2.45, 2.75) is 32.1 Å². The highest BCUT2D eigenvalue weighted by Crippen LogP contribution is 2.30. The maximum absolute atomic E-state index is 12.8. The van der Waals surface area contributed by atoms with Gasteiger partial charge in [0.1, 0.15) is 29.4 Å². The molecule has 1 atom stereocenters. The van der Waals surface area contributed by atoms with E-state index < -0.39 is 11.9 Å². The molecule has 0 radical (unpaired) electrons. The largest absolute Gasteiger partial charge is 0.465 e. The summed E-state index contributed by atoms with van der Waals surface area (Å²) in [7, 11) is 1.77. The van der Waals surface area contributed by atoms with Gasteiger partial charge in [-0.15, -0.1) is 0 Å². The summed E-state index contributed by atoms with van der Waals surface area (Å²) in [6.07, 6.45) is -2.63. The van der Waals surface area contributed by atoms with E-state index in [0.717, 1.165) is 43.4 Å². The normalized spacial score (nSPS) is 19.0. The second kappa shape index (κ2) is 6.43. The lowest BCUT2D eigenvalue weighted by molar-refractivity contribution is -0.141. The van der Waals surface area contributed by atoms with Crippen LogP contribution in [0.3, 0.4) is 0 Å². The van der Waals surface area contributed by atoms with Gasteiger partial charge in [-0.2, -0.15) is 13.2 Å². The first-order chi connectivity index (χ1) is 11.3. The Morgan fingerprint density at radius 1 is 1.33 bits per heavy atom. The maximum Gasteiger partial charge on any atom is 0.433 e. The lowest BCUT2D eigenvalue weighted by Gasteiger charge is -2.26. The minimum atomic E-state index is -4.46. The third kappa shape index (κ3) is 3.69. The first-order valence-corrected chi connectivity index (χ1v) is 7.72. The summed E-state index contributed by atoms with van der Waals surface area (Å²) in [5.74, 6) is 2.06. The van der Waals surface area contributed by atoms with E-state index in [0.29, 0.717) is 6.54 Å². The molecule has 0 spiro atoms. The molecule has 1 saturated heterocycles. The van der Waals surface area contributed by atoms with Crippen molar-refractivity contribution < 1.29 is 17.6 Å². The molecule has 1 aliphatic heterocycles. The molecular weight excluding hydrogens is 321 g/mol. The van der Waals surface area contributed by atoms with Gasteiger partial charge in [-0.3, -0.25) is 4.90 Å². The van der Waals surface area contributed by atoms with Crippen LogP contribution in [0.4, 0.5) is 19.0 Å².